The average Bonchev–Trinajstić information content (AvgIpc) is 3.98. The van der Waals surface area contributed by atoms with Crippen LogP contribution < -0.4 is 0 Å². The lowest BCUT2D eigenvalue weighted by atomic mass is 9.99. The molecule has 0 atom stereocenters. The first-order chi connectivity index (χ1) is 33.7. The van der Waals surface area contributed by atoms with E-state index < -0.39 is 0 Å². The summed E-state index contributed by atoms with van der Waals surface area (Å²) in [6.45, 7) is 0. The molecule has 13 aromatic rings. The Morgan fingerprint density at radius 2 is 0.691 bits per heavy atom. The van der Waals surface area contributed by atoms with E-state index in [-0.39, 0.29) is 0 Å². The number of hydrogen-bond donors (Lipinski definition) is 0. The molecule has 5 heteroatoms. The summed E-state index contributed by atoms with van der Waals surface area (Å²) in [7, 11) is 0. The predicted molar refractivity (Wildman–Crippen MR) is 285 cm³/mol. The van der Waals surface area contributed by atoms with Gasteiger partial charge >= 0.3 is 0 Å². The third-order valence-electron chi connectivity index (χ3n) is 13.1. The summed E-state index contributed by atoms with van der Waals surface area (Å²) in [5.74, 6) is 1.90. The number of para-hydroxylation sites is 1. The van der Waals surface area contributed by atoms with Gasteiger partial charge in [-0.1, -0.05) is 200 Å². The van der Waals surface area contributed by atoms with Crippen LogP contribution in [0.5, 0.6) is 0 Å². The molecule has 0 saturated heterocycles. The van der Waals surface area contributed by atoms with Gasteiger partial charge < -0.3 is 4.57 Å². The molecular weight excluding hydrogens is 845 g/mol. The number of fused-ring (bicyclic) bond motifs is 7. The van der Waals surface area contributed by atoms with Gasteiger partial charge in [0.15, 0.2) is 17.5 Å². The van der Waals surface area contributed by atoms with Gasteiger partial charge in [0.1, 0.15) is 0 Å². The zero-order valence-electron chi connectivity index (χ0n) is 36.8. The molecule has 0 unspecified atom stereocenters. The quantitative estimate of drug-likeness (QED) is 0.153. The highest BCUT2D eigenvalue weighted by molar-refractivity contribution is 7.27. The Labute approximate surface area is 397 Å². The molecule has 10 aromatic carbocycles. The van der Waals surface area contributed by atoms with Gasteiger partial charge in [-0.3, -0.25) is 0 Å². The summed E-state index contributed by atoms with van der Waals surface area (Å²) in [4.78, 5) is 15.9. The van der Waals surface area contributed by atoms with Crippen LogP contribution >= 0.6 is 11.3 Å². The standard InChI is InChI=1S/C63H40N4S/c1-4-16-41(17-5-1)45-22-12-23-46(38-45)44-32-34-51(35-33-44)67-57-31-11-10-28-52(57)53-36-37-55-54-29-15-30-56(59(54)68-60(55)58(53)67)63-65-61(49-26-13-24-47(39-49)42-18-6-2-7-19-42)64-62(66-63)50-27-14-25-48(40-50)43-20-8-3-9-21-43/h1-40H. The number of aromatic nitrogens is 4. The summed E-state index contributed by atoms with van der Waals surface area (Å²) in [6, 6.07) is 86.3. The molecule has 3 heterocycles. The van der Waals surface area contributed by atoms with Gasteiger partial charge in [0.25, 0.3) is 0 Å². The molecule has 0 saturated carbocycles. The topological polar surface area (TPSA) is 43.6 Å². The molecule has 3 aromatic heterocycles. The molecule has 0 aliphatic heterocycles. The smallest absolute Gasteiger partial charge is 0.165 e. The largest absolute Gasteiger partial charge is 0.308 e. The minimum Gasteiger partial charge on any atom is -0.308 e. The lowest BCUT2D eigenvalue weighted by molar-refractivity contribution is 1.08. The third kappa shape index (κ3) is 6.96. The molecule has 0 spiro atoms. The minimum atomic E-state index is 0.628. The number of nitrogens with zero attached hydrogens (tertiary/aromatic N) is 4. The summed E-state index contributed by atoms with van der Waals surface area (Å²) >= 11 is 1.82. The van der Waals surface area contributed by atoms with E-state index in [1.165, 1.54) is 59.5 Å². The Morgan fingerprint density at radius 1 is 0.279 bits per heavy atom. The Hall–Kier alpha value is -8.77. The molecule has 0 amide bonds. The zero-order valence-corrected chi connectivity index (χ0v) is 37.6. The van der Waals surface area contributed by atoms with Gasteiger partial charge in [-0.25, -0.2) is 15.0 Å². The summed E-state index contributed by atoms with van der Waals surface area (Å²) < 4.78 is 4.81. The molecule has 0 fully saturated rings. The molecular formula is C63H40N4S. The Kier molecular flexibility index (Phi) is 9.66. The number of benzene rings is 10. The monoisotopic (exact) mass is 884 g/mol. The van der Waals surface area contributed by atoms with Crippen LogP contribution in [0.3, 0.4) is 0 Å². The van der Waals surface area contributed by atoms with Gasteiger partial charge in [-0.05, 0) is 87.0 Å². The van der Waals surface area contributed by atoms with E-state index in [4.69, 9.17) is 15.0 Å². The SMILES string of the molecule is c1ccc(-c2cccc(-c3ccc(-n4c5ccccc5c5ccc6c7cccc(-c8nc(-c9cccc(-c%10ccccc%10)c9)nc(-c9cccc(-c%10ccccc%10)c9)n8)c7sc6c54)cc3)c2)cc1. The highest BCUT2D eigenvalue weighted by atomic mass is 32.1. The van der Waals surface area contributed by atoms with Crippen molar-refractivity contribution >= 4 is 53.3 Å². The van der Waals surface area contributed by atoms with Crippen LogP contribution in [-0.2, 0) is 0 Å². The highest BCUT2D eigenvalue weighted by Crippen LogP contribution is 2.46. The zero-order chi connectivity index (χ0) is 45.0. The average molecular weight is 885 g/mol. The fraction of sp³-hybridized carbons (Fsp3) is 0. The van der Waals surface area contributed by atoms with E-state index in [1.807, 2.05) is 23.5 Å². The predicted octanol–water partition coefficient (Wildman–Crippen LogP) is 17.0. The van der Waals surface area contributed by atoms with Crippen molar-refractivity contribution in [3.8, 4) is 84.4 Å². The van der Waals surface area contributed by atoms with E-state index in [0.717, 1.165) is 49.3 Å². The van der Waals surface area contributed by atoms with Crippen molar-refractivity contribution in [3.05, 3.63) is 243 Å². The van der Waals surface area contributed by atoms with Gasteiger partial charge in [0.2, 0.25) is 0 Å². The second kappa shape index (κ2) is 16.6. The van der Waals surface area contributed by atoms with E-state index in [2.05, 4.69) is 235 Å². The summed E-state index contributed by atoms with van der Waals surface area (Å²) in [6.07, 6.45) is 0. The van der Waals surface area contributed by atoms with Crippen LogP contribution in [0.4, 0.5) is 0 Å². The van der Waals surface area contributed by atoms with E-state index >= 15 is 0 Å². The molecule has 4 nitrogen and oxygen atoms in total. The lowest BCUT2D eigenvalue weighted by Gasteiger charge is -2.11. The minimum absolute atomic E-state index is 0.628. The first-order valence-corrected chi connectivity index (χ1v) is 23.7. The van der Waals surface area contributed by atoms with Crippen molar-refractivity contribution in [2.45, 2.75) is 0 Å². The molecule has 68 heavy (non-hydrogen) atoms. The number of thiophene rings is 1. The van der Waals surface area contributed by atoms with Crippen molar-refractivity contribution in [3.63, 3.8) is 0 Å². The van der Waals surface area contributed by atoms with Crippen LogP contribution in [0.15, 0.2) is 243 Å². The highest BCUT2D eigenvalue weighted by Gasteiger charge is 2.21. The third-order valence-corrected chi connectivity index (χ3v) is 14.3. The van der Waals surface area contributed by atoms with Gasteiger partial charge in [-0.2, -0.15) is 0 Å². The van der Waals surface area contributed by atoms with Gasteiger partial charge in [0.05, 0.1) is 15.7 Å². The summed E-state index contributed by atoms with van der Waals surface area (Å²) in [5, 5.41) is 4.83. The molecule has 0 aliphatic carbocycles. The van der Waals surface area contributed by atoms with E-state index in [1.54, 1.807) is 0 Å². The maximum atomic E-state index is 5.33. The maximum Gasteiger partial charge on any atom is 0.165 e. The Bertz CT molecular complexity index is 3900. The molecule has 0 radical (unpaired) electrons. The number of rotatable bonds is 8. The number of hydrogen-bond acceptors (Lipinski definition) is 4. The maximum absolute atomic E-state index is 5.33. The second-order valence-electron chi connectivity index (χ2n) is 17.2. The van der Waals surface area contributed by atoms with Crippen molar-refractivity contribution in [2.75, 3.05) is 0 Å². The summed E-state index contributed by atoms with van der Waals surface area (Å²) in [5.41, 5.74) is 15.6. The van der Waals surface area contributed by atoms with Crippen LogP contribution in [0.1, 0.15) is 0 Å². The molecule has 0 aliphatic rings. The van der Waals surface area contributed by atoms with Crippen LogP contribution in [0.2, 0.25) is 0 Å². The normalized spacial score (nSPS) is 11.5. The van der Waals surface area contributed by atoms with E-state index in [9.17, 15) is 0 Å². The second-order valence-corrected chi connectivity index (χ2v) is 18.2. The van der Waals surface area contributed by atoms with Crippen molar-refractivity contribution in [1.82, 2.24) is 19.5 Å². The fourth-order valence-electron chi connectivity index (χ4n) is 9.75. The molecule has 318 valence electrons. The first-order valence-electron chi connectivity index (χ1n) is 22.9. The van der Waals surface area contributed by atoms with Crippen molar-refractivity contribution in [2.24, 2.45) is 0 Å². The van der Waals surface area contributed by atoms with E-state index in [0.29, 0.717) is 17.5 Å². The molecule has 0 bridgehead atoms. The molecule has 13 rings (SSSR count). The Balaban J connectivity index is 0.982. The van der Waals surface area contributed by atoms with Crippen LogP contribution in [-0.4, -0.2) is 19.5 Å². The van der Waals surface area contributed by atoms with Gasteiger partial charge in [0, 0.05) is 48.6 Å². The lowest BCUT2D eigenvalue weighted by Crippen LogP contribution is -2.00. The van der Waals surface area contributed by atoms with Crippen LogP contribution in [0.25, 0.3) is 126 Å². The fourth-order valence-corrected chi connectivity index (χ4v) is 11.1. The Morgan fingerprint density at radius 3 is 1.26 bits per heavy atom. The molecule has 0 N–H and O–H groups in total. The van der Waals surface area contributed by atoms with Gasteiger partial charge in [-0.15, -0.1) is 11.3 Å². The van der Waals surface area contributed by atoms with Crippen molar-refractivity contribution < 1.29 is 0 Å². The first kappa shape index (κ1) is 39.6. The van der Waals surface area contributed by atoms with Crippen molar-refractivity contribution in [1.29, 1.82) is 0 Å². The van der Waals surface area contributed by atoms with Crippen LogP contribution in [0, 0.1) is 0 Å².